The average molecular weight is 346 g/mol. The monoisotopic (exact) mass is 346 g/mol. The van der Waals surface area contributed by atoms with Gasteiger partial charge in [-0.25, -0.2) is 0 Å². The van der Waals surface area contributed by atoms with Gasteiger partial charge in [-0.2, -0.15) is 0 Å². The molecule has 5 heteroatoms. The second kappa shape index (κ2) is 8.48. The van der Waals surface area contributed by atoms with Gasteiger partial charge >= 0.3 is 5.97 Å². The highest BCUT2D eigenvalue weighted by atomic mass is 16.5. The Morgan fingerprint density at radius 1 is 1.28 bits per heavy atom. The first-order valence-electron chi connectivity index (χ1n) is 8.99. The summed E-state index contributed by atoms with van der Waals surface area (Å²) in [7, 11) is 1.37. The third-order valence-corrected chi connectivity index (χ3v) is 4.71. The van der Waals surface area contributed by atoms with Crippen molar-refractivity contribution in [2.24, 2.45) is 0 Å². The Morgan fingerprint density at radius 3 is 2.48 bits per heavy atom. The van der Waals surface area contributed by atoms with Gasteiger partial charge in [-0.1, -0.05) is 45.0 Å². The van der Waals surface area contributed by atoms with E-state index in [1.807, 2.05) is 12.1 Å². The molecule has 2 unspecified atom stereocenters. The standard InChI is InChI=1S/C20H30N2O3/c1-20(2,3)15-9-7-14(8-10-15)17(13-19(24)25-4)22-18(23)12-16-6-5-11-21-16/h7-10,16-17,21H,5-6,11-13H2,1-4H3,(H,22,23). The van der Waals surface area contributed by atoms with Crippen LogP contribution in [0, 0.1) is 0 Å². The van der Waals surface area contributed by atoms with Crippen molar-refractivity contribution in [1.29, 1.82) is 0 Å². The summed E-state index contributed by atoms with van der Waals surface area (Å²) in [6.07, 6.45) is 2.71. The van der Waals surface area contributed by atoms with E-state index in [1.165, 1.54) is 12.7 Å². The number of methoxy groups -OCH3 is 1. The second-order valence-electron chi connectivity index (χ2n) is 7.77. The third kappa shape index (κ3) is 5.85. The molecule has 2 rings (SSSR count). The van der Waals surface area contributed by atoms with Crippen molar-refractivity contribution in [2.75, 3.05) is 13.7 Å². The molecule has 0 spiro atoms. The number of benzene rings is 1. The van der Waals surface area contributed by atoms with Crippen LogP contribution in [0.1, 0.15) is 63.6 Å². The summed E-state index contributed by atoms with van der Waals surface area (Å²) in [5.74, 6) is -0.364. The van der Waals surface area contributed by atoms with Gasteiger partial charge in [0.25, 0.3) is 0 Å². The first kappa shape index (κ1) is 19.4. The predicted octanol–water partition coefficient (Wildman–Crippen LogP) is 2.85. The molecule has 138 valence electrons. The molecule has 1 aliphatic heterocycles. The van der Waals surface area contributed by atoms with Gasteiger partial charge in [0, 0.05) is 12.5 Å². The maximum Gasteiger partial charge on any atom is 0.307 e. The summed E-state index contributed by atoms with van der Waals surface area (Å²) in [4.78, 5) is 24.1. The minimum absolute atomic E-state index is 0.0341. The third-order valence-electron chi connectivity index (χ3n) is 4.71. The number of ether oxygens (including phenoxy) is 1. The molecular weight excluding hydrogens is 316 g/mol. The fourth-order valence-corrected chi connectivity index (χ4v) is 3.13. The molecule has 5 nitrogen and oxygen atoms in total. The van der Waals surface area contributed by atoms with Crippen LogP contribution in [-0.4, -0.2) is 31.6 Å². The highest BCUT2D eigenvalue weighted by Crippen LogP contribution is 2.25. The van der Waals surface area contributed by atoms with Crippen molar-refractivity contribution in [3.05, 3.63) is 35.4 Å². The molecule has 2 N–H and O–H groups in total. The lowest BCUT2D eigenvalue weighted by atomic mass is 9.86. The van der Waals surface area contributed by atoms with Crippen LogP contribution in [0.5, 0.6) is 0 Å². The number of amides is 1. The van der Waals surface area contributed by atoms with Gasteiger partial charge < -0.3 is 15.4 Å². The maximum atomic E-state index is 12.4. The van der Waals surface area contributed by atoms with Crippen molar-refractivity contribution in [2.45, 2.75) is 64.0 Å². The van der Waals surface area contributed by atoms with Gasteiger partial charge in [0.1, 0.15) is 0 Å². The Balaban J connectivity index is 2.08. The highest BCUT2D eigenvalue weighted by Gasteiger charge is 2.23. The smallest absolute Gasteiger partial charge is 0.307 e. The molecule has 0 aliphatic carbocycles. The molecule has 0 bridgehead atoms. The van der Waals surface area contributed by atoms with Gasteiger partial charge in [-0.3, -0.25) is 9.59 Å². The summed E-state index contributed by atoms with van der Waals surface area (Å²) in [5, 5.41) is 6.33. The first-order valence-corrected chi connectivity index (χ1v) is 8.99. The molecule has 1 amide bonds. The Kier molecular flexibility index (Phi) is 6.59. The van der Waals surface area contributed by atoms with E-state index in [4.69, 9.17) is 4.74 Å². The number of hydrogen-bond acceptors (Lipinski definition) is 4. The van der Waals surface area contributed by atoms with Crippen LogP contribution >= 0.6 is 0 Å². The molecular formula is C20H30N2O3. The number of carbonyl (C=O) groups excluding carboxylic acids is 2. The van der Waals surface area contributed by atoms with Crippen LogP contribution in [0.2, 0.25) is 0 Å². The molecule has 1 saturated heterocycles. The topological polar surface area (TPSA) is 67.4 Å². The van der Waals surface area contributed by atoms with Crippen molar-refractivity contribution < 1.29 is 14.3 Å². The van der Waals surface area contributed by atoms with E-state index in [0.29, 0.717) is 6.42 Å². The van der Waals surface area contributed by atoms with Gasteiger partial charge in [-0.15, -0.1) is 0 Å². The molecule has 0 aromatic heterocycles. The van der Waals surface area contributed by atoms with Crippen LogP contribution in [0.15, 0.2) is 24.3 Å². The van der Waals surface area contributed by atoms with Crippen molar-refractivity contribution in [1.82, 2.24) is 10.6 Å². The second-order valence-corrected chi connectivity index (χ2v) is 7.77. The first-order chi connectivity index (χ1) is 11.8. The Bertz CT molecular complexity index is 584. The molecule has 25 heavy (non-hydrogen) atoms. The largest absolute Gasteiger partial charge is 0.469 e. The SMILES string of the molecule is COC(=O)CC(NC(=O)CC1CCCN1)c1ccc(C(C)(C)C)cc1. The summed E-state index contributed by atoms with van der Waals surface area (Å²) < 4.78 is 4.79. The highest BCUT2D eigenvalue weighted by molar-refractivity contribution is 5.78. The van der Waals surface area contributed by atoms with E-state index < -0.39 is 0 Å². The predicted molar refractivity (Wildman–Crippen MR) is 98.3 cm³/mol. The van der Waals surface area contributed by atoms with E-state index >= 15 is 0 Å². The fraction of sp³-hybridized carbons (Fsp3) is 0.600. The van der Waals surface area contributed by atoms with E-state index in [1.54, 1.807) is 0 Å². The zero-order valence-corrected chi connectivity index (χ0v) is 15.7. The molecule has 1 fully saturated rings. The number of esters is 1. The Labute approximate surface area is 150 Å². The average Bonchev–Trinajstić information content (AvgIpc) is 3.06. The van der Waals surface area contributed by atoms with Crippen LogP contribution in [-0.2, 0) is 19.7 Å². The van der Waals surface area contributed by atoms with Crippen LogP contribution in [0.25, 0.3) is 0 Å². The molecule has 1 heterocycles. The number of hydrogen-bond donors (Lipinski definition) is 2. The normalized spacial score (nSPS) is 18.6. The van der Waals surface area contributed by atoms with Crippen LogP contribution in [0.3, 0.4) is 0 Å². The fourth-order valence-electron chi connectivity index (χ4n) is 3.13. The molecule has 1 aromatic rings. The summed E-state index contributed by atoms with van der Waals surface area (Å²) >= 11 is 0. The lowest BCUT2D eigenvalue weighted by molar-refractivity contribution is -0.141. The summed E-state index contributed by atoms with van der Waals surface area (Å²) in [6.45, 7) is 7.44. The van der Waals surface area contributed by atoms with Crippen molar-refractivity contribution in [3.63, 3.8) is 0 Å². The van der Waals surface area contributed by atoms with Crippen molar-refractivity contribution >= 4 is 11.9 Å². The number of nitrogens with one attached hydrogen (secondary N) is 2. The van der Waals surface area contributed by atoms with Gasteiger partial charge in [0.15, 0.2) is 0 Å². The Hall–Kier alpha value is -1.88. The minimum atomic E-state index is -0.365. The van der Waals surface area contributed by atoms with Crippen LogP contribution < -0.4 is 10.6 Å². The van der Waals surface area contributed by atoms with E-state index in [0.717, 1.165) is 24.9 Å². The zero-order valence-electron chi connectivity index (χ0n) is 15.7. The lowest BCUT2D eigenvalue weighted by Gasteiger charge is -2.22. The molecule has 1 aromatic carbocycles. The lowest BCUT2D eigenvalue weighted by Crippen LogP contribution is -2.35. The zero-order chi connectivity index (χ0) is 18.4. The molecule has 0 radical (unpaired) electrons. The van der Waals surface area contributed by atoms with E-state index in [9.17, 15) is 9.59 Å². The molecule has 2 atom stereocenters. The van der Waals surface area contributed by atoms with Gasteiger partial charge in [0.05, 0.1) is 19.6 Å². The van der Waals surface area contributed by atoms with Gasteiger partial charge in [0.2, 0.25) is 5.91 Å². The van der Waals surface area contributed by atoms with E-state index in [2.05, 4.69) is 43.5 Å². The quantitative estimate of drug-likeness (QED) is 0.777. The van der Waals surface area contributed by atoms with Gasteiger partial charge in [-0.05, 0) is 35.9 Å². The maximum absolute atomic E-state index is 12.4. The minimum Gasteiger partial charge on any atom is -0.469 e. The summed E-state index contributed by atoms with van der Waals surface area (Å²) in [6, 6.07) is 7.97. The molecule has 0 saturated carbocycles. The van der Waals surface area contributed by atoms with Crippen LogP contribution in [0.4, 0.5) is 0 Å². The Morgan fingerprint density at radius 2 is 1.96 bits per heavy atom. The number of carbonyl (C=O) groups is 2. The van der Waals surface area contributed by atoms with E-state index in [-0.39, 0.29) is 35.8 Å². The molecule has 1 aliphatic rings. The summed E-state index contributed by atoms with van der Waals surface area (Å²) in [5.41, 5.74) is 2.20. The number of rotatable bonds is 6. The van der Waals surface area contributed by atoms with Crippen molar-refractivity contribution in [3.8, 4) is 0 Å².